The first kappa shape index (κ1) is 14.6. The monoisotopic (exact) mass is 351 g/mol. The molecule has 112 valence electrons. The van der Waals surface area contributed by atoms with Gasteiger partial charge in [0.25, 0.3) is 0 Å². The molecule has 0 saturated heterocycles. The number of benzene rings is 1. The maximum atomic E-state index is 13.7. The van der Waals surface area contributed by atoms with E-state index in [2.05, 4.69) is 31.0 Å². The summed E-state index contributed by atoms with van der Waals surface area (Å²) >= 11 is 3.26. The second kappa shape index (κ2) is 6.60. The first-order valence-electron chi connectivity index (χ1n) is 7.45. The Kier molecular flexibility index (Phi) is 4.58. The average molecular weight is 352 g/mol. The van der Waals surface area contributed by atoms with Crippen LogP contribution in [-0.4, -0.2) is 9.78 Å². The van der Waals surface area contributed by atoms with Crippen LogP contribution in [0.4, 0.5) is 10.1 Å². The van der Waals surface area contributed by atoms with E-state index in [0.29, 0.717) is 18.3 Å². The molecule has 1 aliphatic carbocycles. The summed E-state index contributed by atoms with van der Waals surface area (Å²) in [6.07, 6.45) is 8.41. The summed E-state index contributed by atoms with van der Waals surface area (Å²) in [6.45, 7) is 0.540. The SMILES string of the molecule is Fc1cc(Br)ccc1NCc1ccn(C2CCCCC2)n1. The largest absolute Gasteiger partial charge is 0.377 e. The summed E-state index contributed by atoms with van der Waals surface area (Å²) in [5, 5.41) is 7.72. The lowest BCUT2D eigenvalue weighted by molar-refractivity contribution is 0.328. The van der Waals surface area contributed by atoms with E-state index < -0.39 is 0 Å². The van der Waals surface area contributed by atoms with Crippen LogP contribution in [0.25, 0.3) is 0 Å². The fourth-order valence-corrected chi connectivity index (χ4v) is 3.17. The number of hydrogen-bond acceptors (Lipinski definition) is 2. The Morgan fingerprint density at radius 2 is 2.05 bits per heavy atom. The number of nitrogens with zero attached hydrogens (tertiary/aromatic N) is 2. The van der Waals surface area contributed by atoms with Gasteiger partial charge in [0.2, 0.25) is 0 Å². The molecular formula is C16H19BrFN3. The number of halogens is 2. The molecule has 0 amide bonds. The first-order valence-corrected chi connectivity index (χ1v) is 8.24. The zero-order valence-electron chi connectivity index (χ0n) is 11.9. The van der Waals surface area contributed by atoms with E-state index >= 15 is 0 Å². The Balaban J connectivity index is 1.61. The normalized spacial score (nSPS) is 16.1. The number of anilines is 1. The molecule has 3 nitrogen and oxygen atoms in total. The Morgan fingerprint density at radius 1 is 1.24 bits per heavy atom. The minimum absolute atomic E-state index is 0.254. The predicted molar refractivity (Wildman–Crippen MR) is 85.8 cm³/mol. The average Bonchev–Trinajstić information content (AvgIpc) is 2.96. The Hall–Kier alpha value is -1.36. The van der Waals surface area contributed by atoms with Gasteiger partial charge in [0.15, 0.2) is 0 Å². The molecule has 1 aliphatic rings. The summed E-state index contributed by atoms with van der Waals surface area (Å²) in [6, 6.07) is 7.57. The molecule has 0 radical (unpaired) electrons. The smallest absolute Gasteiger partial charge is 0.147 e. The second-order valence-corrected chi connectivity index (χ2v) is 6.47. The van der Waals surface area contributed by atoms with E-state index in [-0.39, 0.29) is 5.82 Å². The molecule has 0 spiro atoms. The highest BCUT2D eigenvalue weighted by Crippen LogP contribution is 2.27. The third kappa shape index (κ3) is 3.64. The predicted octanol–water partition coefficient (Wildman–Crippen LogP) is 4.90. The highest BCUT2D eigenvalue weighted by molar-refractivity contribution is 9.10. The van der Waals surface area contributed by atoms with Gasteiger partial charge in [0, 0.05) is 10.7 Å². The Labute approximate surface area is 132 Å². The quantitative estimate of drug-likeness (QED) is 0.848. The van der Waals surface area contributed by atoms with Crippen molar-refractivity contribution in [2.75, 3.05) is 5.32 Å². The molecule has 0 atom stereocenters. The van der Waals surface area contributed by atoms with E-state index in [1.165, 1.54) is 38.2 Å². The number of aromatic nitrogens is 2. The molecule has 0 aliphatic heterocycles. The molecule has 1 aromatic heterocycles. The Morgan fingerprint density at radius 3 is 2.81 bits per heavy atom. The molecule has 1 saturated carbocycles. The lowest BCUT2D eigenvalue weighted by atomic mass is 9.96. The molecule has 2 aromatic rings. The number of nitrogens with one attached hydrogen (secondary N) is 1. The van der Waals surface area contributed by atoms with Crippen LogP contribution >= 0.6 is 15.9 Å². The molecular weight excluding hydrogens is 333 g/mol. The summed E-state index contributed by atoms with van der Waals surface area (Å²) in [7, 11) is 0. The fourth-order valence-electron chi connectivity index (χ4n) is 2.84. The summed E-state index contributed by atoms with van der Waals surface area (Å²) in [5.41, 5.74) is 1.45. The fraction of sp³-hybridized carbons (Fsp3) is 0.438. The minimum atomic E-state index is -0.254. The van der Waals surface area contributed by atoms with Gasteiger partial charge in [-0.1, -0.05) is 35.2 Å². The first-order chi connectivity index (χ1) is 10.2. The van der Waals surface area contributed by atoms with E-state index in [9.17, 15) is 4.39 Å². The van der Waals surface area contributed by atoms with Gasteiger partial charge in [0.1, 0.15) is 5.82 Å². The van der Waals surface area contributed by atoms with Crippen LogP contribution in [0.2, 0.25) is 0 Å². The maximum absolute atomic E-state index is 13.7. The van der Waals surface area contributed by atoms with Crippen LogP contribution < -0.4 is 5.32 Å². The maximum Gasteiger partial charge on any atom is 0.147 e. The number of rotatable bonds is 4. The van der Waals surface area contributed by atoms with E-state index in [0.717, 1.165) is 10.2 Å². The zero-order valence-corrected chi connectivity index (χ0v) is 13.4. The van der Waals surface area contributed by atoms with Crippen LogP contribution in [-0.2, 0) is 6.54 Å². The second-order valence-electron chi connectivity index (χ2n) is 5.56. The van der Waals surface area contributed by atoms with Crippen molar-refractivity contribution >= 4 is 21.6 Å². The van der Waals surface area contributed by atoms with Crippen LogP contribution in [0.5, 0.6) is 0 Å². The number of hydrogen-bond donors (Lipinski definition) is 1. The summed E-state index contributed by atoms with van der Waals surface area (Å²) in [4.78, 5) is 0. The van der Waals surface area contributed by atoms with Crippen molar-refractivity contribution in [3.8, 4) is 0 Å². The molecule has 5 heteroatoms. The highest BCUT2D eigenvalue weighted by Gasteiger charge is 2.15. The van der Waals surface area contributed by atoms with Gasteiger partial charge >= 0.3 is 0 Å². The standard InChI is InChI=1S/C16H19BrFN3/c17-12-6-7-16(15(18)10-12)19-11-13-8-9-21(20-13)14-4-2-1-3-5-14/h6-10,14,19H,1-5,11H2. The zero-order chi connectivity index (χ0) is 14.7. The lowest BCUT2D eigenvalue weighted by Gasteiger charge is -2.21. The van der Waals surface area contributed by atoms with Gasteiger partial charge < -0.3 is 5.32 Å². The van der Waals surface area contributed by atoms with Gasteiger partial charge in [-0.05, 0) is 37.1 Å². The highest BCUT2D eigenvalue weighted by atomic mass is 79.9. The minimum Gasteiger partial charge on any atom is -0.377 e. The van der Waals surface area contributed by atoms with Gasteiger partial charge in [-0.15, -0.1) is 0 Å². The molecule has 1 N–H and O–H groups in total. The van der Waals surface area contributed by atoms with E-state index in [1.807, 2.05) is 18.3 Å². The molecule has 0 unspecified atom stereocenters. The van der Waals surface area contributed by atoms with Crippen molar-refractivity contribution in [3.63, 3.8) is 0 Å². The van der Waals surface area contributed by atoms with Crippen molar-refractivity contribution in [1.29, 1.82) is 0 Å². The molecule has 1 aromatic carbocycles. The molecule has 3 rings (SSSR count). The van der Waals surface area contributed by atoms with E-state index in [1.54, 1.807) is 6.07 Å². The van der Waals surface area contributed by atoms with Gasteiger partial charge in [-0.2, -0.15) is 5.10 Å². The summed E-state index contributed by atoms with van der Waals surface area (Å²) < 4.78 is 16.6. The van der Waals surface area contributed by atoms with Crippen molar-refractivity contribution in [3.05, 3.63) is 46.4 Å². The van der Waals surface area contributed by atoms with Crippen LogP contribution in [0.3, 0.4) is 0 Å². The van der Waals surface area contributed by atoms with Crippen LogP contribution in [0.15, 0.2) is 34.9 Å². The van der Waals surface area contributed by atoms with Gasteiger partial charge in [0.05, 0.1) is 24.0 Å². The molecule has 21 heavy (non-hydrogen) atoms. The van der Waals surface area contributed by atoms with Crippen molar-refractivity contribution in [2.24, 2.45) is 0 Å². The van der Waals surface area contributed by atoms with Crippen molar-refractivity contribution in [1.82, 2.24) is 9.78 Å². The molecule has 1 heterocycles. The van der Waals surface area contributed by atoms with E-state index in [4.69, 9.17) is 0 Å². The third-order valence-electron chi connectivity index (χ3n) is 4.00. The van der Waals surface area contributed by atoms with Gasteiger partial charge in [-0.3, -0.25) is 4.68 Å². The van der Waals surface area contributed by atoms with Crippen LogP contribution in [0.1, 0.15) is 43.8 Å². The van der Waals surface area contributed by atoms with Gasteiger partial charge in [-0.25, -0.2) is 4.39 Å². The topological polar surface area (TPSA) is 29.9 Å². The lowest BCUT2D eigenvalue weighted by Crippen LogP contribution is -2.13. The molecule has 0 bridgehead atoms. The van der Waals surface area contributed by atoms with Crippen molar-refractivity contribution in [2.45, 2.75) is 44.7 Å². The summed E-state index contributed by atoms with van der Waals surface area (Å²) in [5.74, 6) is -0.254. The molecule has 1 fully saturated rings. The third-order valence-corrected chi connectivity index (χ3v) is 4.50. The van der Waals surface area contributed by atoms with Crippen LogP contribution in [0, 0.1) is 5.82 Å². The van der Waals surface area contributed by atoms with Crippen molar-refractivity contribution < 1.29 is 4.39 Å². The Bertz CT molecular complexity index is 605.